The lowest BCUT2D eigenvalue weighted by Crippen LogP contribution is -2.49. The van der Waals surface area contributed by atoms with Crippen LogP contribution in [0.1, 0.15) is 10.4 Å². The number of ether oxygens (including phenoxy) is 1. The number of sulfonamides is 1. The molecule has 2 fully saturated rings. The average Bonchev–Trinajstić information content (AvgIpc) is 2.84. The average molecular weight is 476 g/mol. The second kappa shape index (κ2) is 9.49. The molecule has 2 aromatic rings. The van der Waals surface area contributed by atoms with Crippen LogP contribution in [0.2, 0.25) is 0 Å². The SMILES string of the molecule is COc1ccc(S(=O)(=O)N2CCN(c3ccc(N4CCN(C)CC4)nn3)CC2)cc1C(N)=O. The summed E-state index contributed by atoms with van der Waals surface area (Å²) in [6, 6.07) is 8.05. The van der Waals surface area contributed by atoms with Gasteiger partial charge in [-0.1, -0.05) is 0 Å². The molecule has 4 rings (SSSR count). The van der Waals surface area contributed by atoms with Crippen LogP contribution in [-0.2, 0) is 10.0 Å². The smallest absolute Gasteiger partial charge is 0.252 e. The molecule has 2 saturated heterocycles. The monoisotopic (exact) mass is 475 g/mol. The van der Waals surface area contributed by atoms with Gasteiger partial charge in [-0.2, -0.15) is 4.31 Å². The van der Waals surface area contributed by atoms with E-state index in [1.54, 1.807) is 0 Å². The first kappa shape index (κ1) is 23.2. The van der Waals surface area contributed by atoms with Crippen molar-refractivity contribution < 1.29 is 17.9 Å². The van der Waals surface area contributed by atoms with Crippen molar-refractivity contribution in [1.82, 2.24) is 19.4 Å². The predicted molar refractivity (Wildman–Crippen MR) is 124 cm³/mol. The van der Waals surface area contributed by atoms with E-state index in [1.807, 2.05) is 17.0 Å². The fraction of sp³-hybridized carbons (Fsp3) is 0.476. The second-order valence-corrected chi connectivity index (χ2v) is 10.1. The third-order valence-electron chi connectivity index (χ3n) is 6.10. The van der Waals surface area contributed by atoms with Gasteiger partial charge in [-0.05, 0) is 37.4 Å². The number of anilines is 2. The Balaban J connectivity index is 1.41. The highest BCUT2D eigenvalue weighted by Crippen LogP contribution is 2.26. The number of aromatic nitrogens is 2. The molecule has 0 aliphatic carbocycles. The van der Waals surface area contributed by atoms with Gasteiger partial charge in [-0.3, -0.25) is 4.79 Å². The zero-order chi connectivity index (χ0) is 23.6. The molecule has 1 aromatic heterocycles. The highest BCUT2D eigenvalue weighted by atomic mass is 32.2. The van der Waals surface area contributed by atoms with E-state index >= 15 is 0 Å². The summed E-state index contributed by atoms with van der Waals surface area (Å²) in [5, 5.41) is 8.77. The maximum absolute atomic E-state index is 13.1. The lowest BCUT2D eigenvalue weighted by molar-refractivity contribution is 0.0997. The largest absolute Gasteiger partial charge is 0.496 e. The first-order valence-electron chi connectivity index (χ1n) is 10.8. The predicted octanol–water partition coefficient (Wildman–Crippen LogP) is -0.153. The van der Waals surface area contributed by atoms with Crippen molar-refractivity contribution in [3.63, 3.8) is 0 Å². The Morgan fingerprint density at radius 2 is 1.45 bits per heavy atom. The summed E-state index contributed by atoms with van der Waals surface area (Å²) in [5.41, 5.74) is 5.41. The third-order valence-corrected chi connectivity index (χ3v) is 8.00. The highest BCUT2D eigenvalue weighted by Gasteiger charge is 2.30. The summed E-state index contributed by atoms with van der Waals surface area (Å²) >= 11 is 0. The van der Waals surface area contributed by atoms with Gasteiger partial charge in [0, 0.05) is 52.4 Å². The summed E-state index contributed by atoms with van der Waals surface area (Å²) in [7, 11) is -0.271. The van der Waals surface area contributed by atoms with E-state index in [-0.39, 0.29) is 16.2 Å². The zero-order valence-corrected chi connectivity index (χ0v) is 19.7. The molecule has 0 spiro atoms. The molecule has 178 valence electrons. The van der Waals surface area contributed by atoms with Crippen molar-refractivity contribution in [3.05, 3.63) is 35.9 Å². The molecular formula is C21H29N7O4S. The molecule has 2 aliphatic heterocycles. The van der Waals surface area contributed by atoms with Crippen LogP contribution < -0.4 is 20.3 Å². The number of rotatable bonds is 6. The van der Waals surface area contributed by atoms with Gasteiger partial charge < -0.3 is 25.2 Å². The third kappa shape index (κ3) is 4.87. The van der Waals surface area contributed by atoms with Crippen LogP contribution in [0.3, 0.4) is 0 Å². The first-order valence-corrected chi connectivity index (χ1v) is 12.2. The van der Waals surface area contributed by atoms with Gasteiger partial charge in [0.25, 0.3) is 5.91 Å². The number of benzene rings is 1. The Labute approximate surface area is 193 Å². The van der Waals surface area contributed by atoms with E-state index in [1.165, 1.54) is 29.6 Å². The molecule has 1 amide bonds. The van der Waals surface area contributed by atoms with Gasteiger partial charge in [0.2, 0.25) is 10.0 Å². The fourth-order valence-corrected chi connectivity index (χ4v) is 5.49. The number of carbonyl (C=O) groups excluding carboxylic acids is 1. The van der Waals surface area contributed by atoms with Gasteiger partial charge in [0.1, 0.15) is 5.75 Å². The topological polar surface area (TPSA) is 125 Å². The van der Waals surface area contributed by atoms with E-state index in [2.05, 4.69) is 27.0 Å². The van der Waals surface area contributed by atoms with Crippen molar-refractivity contribution in [2.45, 2.75) is 4.90 Å². The summed E-state index contributed by atoms with van der Waals surface area (Å²) in [4.78, 5) is 18.2. The molecule has 12 heteroatoms. The van der Waals surface area contributed by atoms with Gasteiger partial charge >= 0.3 is 0 Å². The molecule has 2 aliphatic rings. The van der Waals surface area contributed by atoms with Crippen molar-refractivity contribution in [2.75, 3.05) is 76.3 Å². The lowest BCUT2D eigenvalue weighted by atomic mass is 10.2. The molecule has 0 unspecified atom stereocenters. The number of methoxy groups -OCH3 is 1. The minimum Gasteiger partial charge on any atom is -0.496 e. The van der Waals surface area contributed by atoms with Gasteiger partial charge in [-0.15, -0.1) is 10.2 Å². The Hall–Kier alpha value is -2.96. The number of nitrogens with zero attached hydrogens (tertiary/aromatic N) is 6. The van der Waals surface area contributed by atoms with Crippen LogP contribution in [-0.4, -0.2) is 100 Å². The number of nitrogens with two attached hydrogens (primary N) is 1. The van der Waals surface area contributed by atoms with Crippen LogP contribution in [0, 0.1) is 0 Å². The van der Waals surface area contributed by atoms with Crippen LogP contribution in [0.5, 0.6) is 5.75 Å². The van der Waals surface area contributed by atoms with E-state index in [4.69, 9.17) is 10.5 Å². The number of amides is 1. The minimum atomic E-state index is -3.78. The molecule has 2 N–H and O–H groups in total. The molecule has 0 bridgehead atoms. The maximum Gasteiger partial charge on any atom is 0.252 e. The number of piperazine rings is 2. The number of hydrogen-bond donors (Lipinski definition) is 1. The van der Waals surface area contributed by atoms with Crippen molar-refractivity contribution >= 4 is 27.6 Å². The van der Waals surface area contributed by atoms with Gasteiger partial charge in [0.15, 0.2) is 11.6 Å². The van der Waals surface area contributed by atoms with Crippen LogP contribution in [0.25, 0.3) is 0 Å². The molecular weight excluding hydrogens is 446 g/mol. The van der Waals surface area contributed by atoms with Crippen LogP contribution in [0.4, 0.5) is 11.6 Å². The molecule has 33 heavy (non-hydrogen) atoms. The highest BCUT2D eigenvalue weighted by molar-refractivity contribution is 7.89. The van der Waals surface area contributed by atoms with E-state index < -0.39 is 15.9 Å². The number of likely N-dealkylation sites (N-methyl/N-ethyl adjacent to an activating group) is 1. The normalized spacial score (nSPS) is 18.4. The van der Waals surface area contributed by atoms with Gasteiger partial charge in [-0.25, -0.2) is 8.42 Å². The van der Waals surface area contributed by atoms with E-state index in [0.717, 1.165) is 37.8 Å². The van der Waals surface area contributed by atoms with Crippen molar-refractivity contribution in [3.8, 4) is 5.75 Å². The Morgan fingerprint density at radius 3 is 1.94 bits per heavy atom. The molecule has 11 nitrogen and oxygen atoms in total. The van der Waals surface area contributed by atoms with E-state index in [9.17, 15) is 13.2 Å². The summed E-state index contributed by atoms with van der Waals surface area (Å²) in [6.07, 6.45) is 0. The van der Waals surface area contributed by atoms with Crippen LogP contribution >= 0.6 is 0 Å². The Kier molecular flexibility index (Phi) is 6.68. The summed E-state index contributed by atoms with van der Waals surface area (Å²) in [6.45, 7) is 5.39. The molecule has 1 aromatic carbocycles. The number of primary amides is 1. The zero-order valence-electron chi connectivity index (χ0n) is 18.8. The second-order valence-electron chi connectivity index (χ2n) is 8.16. The molecule has 0 radical (unpaired) electrons. The number of carbonyl (C=O) groups is 1. The van der Waals surface area contributed by atoms with E-state index in [0.29, 0.717) is 26.2 Å². The lowest BCUT2D eigenvalue weighted by Gasteiger charge is -2.35. The summed E-state index contributed by atoms with van der Waals surface area (Å²) in [5.74, 6) is 1.08. The minimum absolute atomic E-state index is 0.0156. The fourth-order valence-electron chi connectivity index (χ4n) is 4.04. The number of hydrogen-bond acceptors (Lipinski definition) is 9. The quantitative estimate of drug-likeness (QED) is 0.607. The van der Waals surface area contributed by atoms with Gasteiger partial charge in [0.05, 0.1) is 17.6 Å². The van der Waals surface area contributed by atoms with Crippen molar-refractivity contribution in [2.24, 2.45) is 5.73 Å². The Bertz CT molecular complexity index is 1090. The standard InChI is InChI=1S/C21H29N7O4S/c1-25-7-9-26(10-8-25)19-5-6-20(24-23-19)27-11-13-28(14-12-27)33(30,31)16-3-4-18(32-2)17(15-16)21(22)29/h3-6,15H,7-14H2,1-2H3,(H2,22,29). The molecule has 3 heterocycles. The molecule has 0 saturated carbocycles. The Morgan fingerprint density at radius 1 is 0.909 bits per heavy atom. The summed E-state index contributed by atoms with van der Waals surface area (Å²) < 4.78 is 32.8. The van der Waals surface area contributed by atoms with Crippen LogP contribution in [0.15, 0.2) is 35.2 Å². The maximum atomic E-state index is 13.1. The molecule has 0 atom stereocenters. The van der Waals surface area contributed by atoms with Crippen molar-refractivity contribution in [1.29, 1.82) is 0 Å². The first-order chi connectivity index (χ1) is 15.8.